The van der Waals surface area contributed by atoms with Crippen molar-refractivity contribution in [2.45, 2.75) is 146 Å². The Labute approximate surface area is 409 Å². The first kappa shape index (κ1) is 52.7. The number of benzene rings is 1. The molecule has 5 aliphatic rings. The lowest BCUT2D eigenvalue weighted by Gasteiger charge is -2.42. The minimum Gasteiger partial charge on any atom is -0.450 e. The molecule has 2 saturated carbocycles. The molecule has 3 aliphatic heterocycles. The number of piperazine rings is 1. The Bertz CT molecular complexity index is 1990. The number of rotatable bonds is 14. The van der Waals surface area contributed by atoms with Crippen molar-refractivity contribution in [3.63, 3.8) is 0 Å². The van der Waals surface area contributed by atoms with E-state index in [1.54, 1.807) is 18.7 Å². The van der Waals surface area contributed by atoms with E-state index in [2.05, 4.69) is 53.4 Å². The predicted octanol–water partition coefficient (Wildman–Crippen LogP) is 4.81. The minimum atomic E-state index is -1.06. The molecule has 5 fully saturated rings. The average Bonchev–Trinajstić information content (AvgIpc) is 3.36. The Morgan fingerprint density at radius 3 is 1.77 bits per heavy atom. The number of nitriles is 2. The lowest BCUT2D eigenvalue weighted by Crippen LogP contribution is -2.62. The van der Waals surface area contributed by atoms with Gasteiger partial charge in [0.25, 0.3) is 0 Å². The number of hydrogen-bond acceptors (Lipinski definition) is 13. The van der Waals surface area contributed by atoms with Crippen LogP contribution in [0.2, 0.25) is 0 Å². The smallest absolute Gasteiger partial charge is 0.413 e. The second kappa shape index (κ2) is 25.8. The molecule has 0 spiro atoms. The van der Waals surface area contributed by atoms with Crippen molar-refractivity contribution in [2.75, 3.05) is 78.0 Å². The van der Waals surface area contributed by atoms with Gasteiger partial charge in [0, 0.05) is 45.0 Å². The fourth-order valence-electron chi connectivity index (χ4n) is 10.4. The number of nitrogens with zero attached hydrogens (tertiary/aromatic N) is 8. The summed E-state index contributed by atoms with van der Waals surface area (Å²) in [5.74, 6) is -0.303. The second-order valence-electron chi connectivity index (χ2n) is 19.7. The first-order valence-corrected chi connectivity index (χ1v) is 25.6. The highest BCUT2D eigenvalue weighted by atomic mass is 16.6. The maximum atomic E-state index is 14.7. The molecule has 69 heavy (non-hydrogen) atoms. The highest BCUT2D eigenvalue weighted by Crippen LogP contribution is 2.31. The highest BCUT2D eigenvalue weighted by Gasteiger charge is 2.41. The van der Waals surface area contributed by atoms with Crippen LogP contribution >= 0.6 is 0 Å². The summed E-state index contributed by atoms with van der Waals surface area (Å²) in [6.07, 6.45) is 10.5. The molecule has 3 heterocycles. The van der Waals surface area contributed by atoms with Crippen molar-refractivity contribution in [3.8, 4) is 12.1 Å². The van der Waals surface area contributed by atoms with Gasteiger partial charge in [0.15, 0.2) is 0 Å². The van der Waals surface area contributed by atoms with Crippen LogP contribution in [0.5, 0.6) is 0 Å². The van der Waals surface area contributed by atoms with Crippen LogP contribution in [0.4, 0.5) is 15.3 Å². The Hall–Kier alpha value is -5.66. The van der Waals surface area contributed by atoms with E-state index in [0.717, 1.165) is 69.9 Å². The normalized spacial score (nSPS) is 22.7. The van der Waals surface area contributed by atoms with Crippen LogP contribution in [0.1, 0.15) is 117 Å². The molecule has 2 aliphatic carbocycles. The van der Waals surface area contributed by atoms with E-state index in [4.69, 9.17) is 19.5 Å². The molecule has 0 radical (unpaired) electrons. The van der Waals surface area contributed by atoms with E-state index in [9.17, 15) is 29.7 Å². The number of anilines is 1. The zero-order valence-electron chi connectivity index (χ0n) is 41.5. The summed E-state index contributed by atoms with van der Waals surface area (Å²) >= 11 is 0. The number of aliphatic imine (C=N–C) groups is 2. The number of amides is 4. The molecule has 378 valence electrons. The highest BCUT2D eigenvalue weighted by molar-refractivity contribution is 5.98. The van der Waals surface area contributed by atoms with Crippen LogP contribution in [-0.4, -0.2) is 153 Å². The number of nitrogens with one attached hydrogen (secondary N) is 5. The maximum Gasteiger partial charge on any atom is 0.413 e. The molecule has 19 nitrogen and oxygen atoms in total. The summed E-state index contributed by atoms with van der Waals surface area (Å²) < 4.78 is 10.8. The zero-order chi connectivity index (χ0) is 49.2. The number of alkyl carbamates (subject to hydrolysis) is 2. The molecule has 3 saturated heterocycles. The van der Waals surface area contributed by atoms with E-state index in [0.29, 0.717) is 71.2 Å². The summed E-state index contributed by atoms with van der Waals surface area (Å²) in [7, 11) is 4.00. The minimum absolute atomic E-state index is 0.0334. The summed E-state index contributed by atoms with van der Waals surface area (Å²) in [4.78, 5) is 74.9. The summed E-state index contributed by atoms with van der Waals surface area (Å²) in [5, 5.41) is 36.2. The Morgan fingerprint density at radius 1 is 0.710 bits per heavy atom. The molecule has 0 bridgehead atoms. The van der Waals surface area contributed by atoms with Gasteiger partial charge in [-0.15, -0.1) is 0 Å². The Morgan fingerprint density at radius 2 is 1.23 bits per heavy atom. The van der Waals surface area contributed by atoms with E-state index in [1.165, 1.54) is 0 Å². The van der Waals surface area contributed by atoms with Crippen LogP contribution in [0.15, 0.2) is 40.3 Å². The third-order valence-electron chi connectivity index (χ3n) is 14.6. The van der Waals surface area contributed by atoms with E-state index in [1.807, 2.05) is 44.4 Å². The SMILES string of the molecule is CCOC(=O)NC(=NC1CN(c2ccccc2)CCN1C(=N[C@@H](CC1CCCCC1)C(=O)NC1(C#N)CCN(C)CC1)NC(=O)OCC)N[C@@H](CC1CCCCC1)C(=O)NC1(C#N)CCN(C)CC1. The molecule has 0 aromatic heterocycles. The van der Waals surface area contributed by atoms with Crippen molar-refractivity contribution >= 4 is 41.6 Å². The molecule has 6 rings (SSSR count). The zero-order valence-corrected chi connectivity index (χ0v) is 41.5. The number of likely N-dealkylation sites (tertiary alicyclic amines) is 2. The van der Waals surface area contributed by atoms with E-state index in [-0.39, 0.29) is 61.9 Å². The van der Waals surface area contributed by atoms with Crippen molar-refractivity contribution in [1.82, 2.24) is 41.3 Å². The van der Waals surface area contributed by atoms with E-state index >= 15 is 0 Å². The predicted molar refractivity (Wildman–Crippen MR) is 264 cm³/mol. The van der Waals surface area contributed by atoms with Gasteiger partial charge in [-0.2, -0.15) is 10.5 Å². The Balaban J connectivity index is 1.43. The Kier molecular flexibility index (Phi) is 19.7. The first-order valence-electron chi connectivity index (χ1n) is 25.6. The topological polar surface area (TPSA) is 232 Å². The van der Waals surface area contributed by atoms with Crippen molar-refractivity contribution in [2.24, 2.45) is 21.8 Å². The number of guanidine groups is 2. The largest absolute Gasteiger partial charge is 0.450 e. The third kappa shape index (κ3) is 15.4. The molecule has 4 amide bonds. The number of carbonyl (C=O) groups is 4. The standard InChI is InChI=1S/C50H77N13O6/c1-5-68-47(66)56-45(53-40(32-37-16-10-7-11-17-37)43(64)58-49(35-51)22-26-60(3)27-23-49)55-42-34-62(39-20-14-9-15-21-39)30-31-63(42)46(57-48(67)69-6-2)54-41(33-38-18-12-8-13-19-38)44(65)59-50(36-52)24-28-61(4)29-25-50/h9,14-15,20-21,37-38,40-42H,5-8,10-13,16-19,22-34H2,1-4H3,(H,58,64)(H,59,65)(H,54,57,67)(H2,53,55,56,66)/t40-,41-,42?/m0/s1. The number of ether oxygens (including phenoxy) is 2. The van der Waals surface area contributed by atoms with Crippen LogP contribution in [0.3, 0.4) is 0 Å². The van der Waals surface area contributed by atoms with Gasteiger partial charge in [-0.25, -0.2) is 19.6 Å². The summed E-state index contributed by atoms with van der Waals surface area (Å²) in [5.41, 5.74) is -1.19. The fourth-order valence-corrected chi connectivity index (χ4v) is 10.4. The molecule has 5 N–H and O–H groups in total. The molecule has 3 atom stereocenters. The van der Waals surface area contributed by atoms with E-state index < -0.39 is 41.5 Å². The second-order valence-corrected chi connectivity index (χ2v) is 19.7. The van der Waals surface area contributed by atoms with Crippen molar-refractivity contribution in [3.05, 3.63) is 30.3 Å². The number of para-hydroxylation sites is 1. The van der Waals surface area contributed by atoms with Crippen molar-refractivity contribution in [1.29, 1.82) is 10.5 Å². The average molecular weight is 956 g/mol. The van der Waals surface area contributed by atoms with Gasteiger partial charge in [0.05, 0.1) is 31.9 Å². The van der Waals surface area contributed by atoms with Crippen LogP contribution in [0.25, 0.3) is 0 Å². The molecular weight excluding hydrogens is 879 g/mol. The van der Waals surface area contributed by atoms with Gasteiger partial charge in [0.2, 0.25) is 23.7 Å². The molecule has 1 unspecified atom stereocenters. The van der Waals surface area contributed by atoms with Gasteiger partial charge < -0.3 is 45.0 Å². The van der Waals surface area contributed by atoms with Crippen LogP contribution in [0, 0.1) is 34.5 Å². The maximum absolute atomic E-state index is 14.7. The monoisotopic (exact) mass is 956 g/mol. The van der Waals surface area contributed by atoms with Gasteiger partial charge in [-0.3, -0.25) is 20.2 Å². The quantitative estimate of drug-likeness (QED) is 0.125. The number of carbonyl (C=O) groups excluding carboxylic acids is 4. The summed E-state index contributed by atoms with van der Waals surface area (Å²) in [6.45, 7) is 7.15. The number of hydrogen-bond donors (Lipinski definition) is 5. The first-order chi connectivity index (χ1) is 33.4. The molecule has 19 heteroatoms. The van der Waals surface area contributed by atoms with Crippen LogP contribution < -0.4 is 31.5 Å². The molecular formula is C50H77N13O6. The lowest BCUT2D eigenvalue weighted by molar-refractivity contribution is -0.125. The molecule has 1 aromatic rings. The third-order valence-corrected chi connectivity index (χ3v) is 14.6. The van der Waals surface area contributed by atoms with Gasteiger partial charge in [0.1, 0.15) is 29.3 Å². The lowest BCUT2D eigenvalue weighted by atomic mass is 9.84. The van der Waals surface area contributed by atoms with Gasteiger partial charge >= 0.3 is 12.2 Å². The fraction of sp³-hybridized carbons (Fsp3) is 0.720. The van der Waals surface area contributed by atoms with Crippen LogP contribution in [-0.2, 0) is 19.1 Å². The van der Waals surface area contributed by atoms with Gasteiger partial charge in [-0.1, -0.05) is 82.4 Å². The summed E-state index contributed by atoms with van der Waals surface area (Å²) in [6, 6.07) is 12.8. The number of piperidine rings is 2. The van der Waals surface area contributed by atoms with Crippen molar-refractivity contribution < 1.29 is 28.7 Å². The van der Waals surface area contributed by atoms with Gasteiger partial charge in [-0.05, 0) is 90.4 Å². The molecule has 1 aromatic carbocycles.